The first-order chi connectivity index (χ1) is 9.83. The van der Waals surface area contributed by atoms with Crippen molar-refractivity contribution in [2.75, 3.05) is 0 Å². The molecule has 2 aromatic carbocycles. The number of aromatic nitrogens is 1. The molecule has 2 heteroatoms. The second-order valence-electron chi connectivity index (χ2n) is 5.00. The predicted octanol–water partition coefficient (Wildman–Crippen LogP) is 4.96. The third-order valence-corrected chi connectivity index (χ3v) is 3.62. The number of hydrogen-bond donors (Lipinski definition) is 0. The Labute approximate surface area is 116 Å². The maximum atomic E-state index is 6.01. The Hall–Kier alpha value is -2.61. The van der Waals surface area contributed by atoms with Gasteiger partial charge in [-0.2, -0.15) is 0 Å². The molecule has 0 aliphatic carbocycles. The van der Waals surface area contributed by atoms with E-state index in [4.69, 9.17) is 4.42 Å². The fraction of sp³-hybridized carbons (Fsp3) is 0.0556. The van der Waals surface area contributed by atoms with Crippen molar-refractivity contribution in [3.63, 3.8) is 0 Å². The van der Waals surface area contributed by atoms with E-state index in [0.29, 0.717) is 0 Å². The molecule has 0 bridgehead atoms. The monoisotopic (exact) mass is 259 g/mol. The first kappa shape index (κ1) is 11.2. The lowest BCUT2D eigenvalue weighted by atomic mass is 10.0. The van der Waals surface area contributed by atoms with Crippen molar-refractivity contribution in [3.8, 4) is 11.1 Å². The molecular weight excluding hydrogens is 246 g/mol. The summed E-state index contributed by atoms with van der Waals surface area (Å²) in [6.07, 6.45) is 1.80. The molecule has 4 rings (SSSR count). The average Bonchev–Trinajstić information content (AvgIpc) is 2.87. The Bertz CT molecular complexity index is 904. The molecular formula is C18H13NO. The van der Waals surface area contributed by atoms with E-state index >= 15 is 0 Å². The molecule has 0 atom stereocenters. The highest BCUT2D eigenvalue weighted by atomic mass is 16.3. The first-order valence-electron chi connectivity index (χ1n) is 6.66. The van der Waals surface area contributed by atoms with Gasteiger partial charge in [0.1, 0.15) is 11.1 Å². The van der Waals surface area contributed by atoms with Crippen molar-refractivity contribution in [2.45, 2.75) is 6.92 Å². The van der Waals surface area contributed by atoms with Crippen molar-refractivity contribution < 1.29 is 4.42 Å². The summed E-state index contributed by atoms with van der Waals surface area (Å²) in [4.78, 5) is 4.42. The van der Waals surface area contributed by atoms with E-state index < -0.39 is 0 Å². The topological polar surface area (TPSA) is 26.0 Å². The van der Waals surface area contributed by atoms with E-state index in [1.54, 1.807) is 6.20 Å². The highest BCUT2D eigenvalue weighted by Crippen LogP contribution is 2.34. The summed E-state index contributed by atoms with van der Waals surface area (Å²) in [6, 6.07) is 18.6. The number of nitrogens with zero attached hydrogens (tertiary/aromatic N) is 1. The van der Waals surface area contributed by atoms with Crippen LogP contribution in [0, 0.1) is 6.92 Å². The Kier molecular flexibility index (Phi) is 2.36. The van der Waals surface area contributed by atoms with Crippen LogP contribution >= 0.6 is 0 Å². The predicted molar refractivity (Wildman–Crippen MR) is 81.7 cm³/mol. The van der Waals surface area contributed by atoms with Gasteiger partial charge in [-0.3, -0.25) is 4.98 Å². The summed E-state index contributed by atoms with van der Waals surface area (Å²) >= 11 is 0. The third kappa shape index (κ3) is 1.62. The number of furan rings is 1. The van der Waals surface area contributed by atoms with Crippen LogP contribution in [-0.4, -0.2) is 4.98 Å². The van der Waals surface area contributed by atoms with E-state index in [1.807, 2.05) is 12.1 Å². The highest BCUT2D eigenvalue weighted by Gasteiger charge is 2.12. The van der Waals surface area contributed by atoms with E-state index in [9.17, 15) is 0 Å². The maximum Gasteiger partial charge on any atom is 0.153 e. The number of para-hydroxylation sites is 1. The van der Waals surface area contributed by atoms with E-state index in [2.05, 4.69) is 54.4 Å². The van der Waals surface area contributed by atoms with Gasteiger partial charge in [0.05, 0.1) is 0 Å². The number of hydrogen-bond acceptors (Lipinski definition) is 2. The molecule has 96 valence electrons. The molecule has 20 heavy (non-hydrogen) atoms. The minimum Gasteiger partial charge on any atom is -0.454 e. The quantitative estimate of drug-likeness (QED) is 0.483. The largest absolute Gasteiger partial charge is 0.454 e. The molecule has 2 nitrogen and oxygen atoms in total. The fourth-order valence-corrected chi connectivity index (χ4v) is 2.58. The van der Waals surface area contributed by atoms with E-state index in [1.165, 1.54) is 11.1 Å². The van der Waals surface area contributed by atoms with Crippen LogP contribution in [0.3, 0.4) is 0 Å². The molecule has 4 aromatic rings. The molecule has 0 saturated heterocycles. The van der Waals surface area contributed by atoms with Gasteiger partial charge in [0, 0.05) is 17.1 Å². The SMILES string of the molecule is Cc1ccc(-c2cccc3c2oc2cccnc23)cc1. The molecule has 2 aromatic heterocycles. The normalized spacial score (nSPS) is 11.2. The molecule has 0 fully saturated rings. The summed E-state index contributed by atoms with van der Waals surface area (Å²) in [5.74, 6) is 0. The first-order valence-corrected chi connectivity index (χ1v) is 6.66. The number of benzene rings is 2. The highest BCUT2D eigenvalue weighted by molar-refractivity contribution is 6.07. The van der Waals surface area contributed by atoms with Crippen LogP contribution in [0.1, 0.15) is 5.56 Å². The van der Waals surface area contributed by atoms with Gasteiger partial charge >= 0.3 is 0 Å². The number of pyridine rings is 1. The van der Waals surface area contributed by atoms with E-state index in [0.717, 1.165) is 27.6 Å². The summed E-state index contributed by atoms with van der Waals surface area (Å²) in [5.41, 5.74) is 6.21. The van der Waals surface area contributed by atoms with Crippen LogP contribution in [0.25, 0.3) is 33.2 Å². The molecule has 2 heterocycles. The van der Waals surface area contributed by atoms with Crippen LogP contribution in [0.2, 0.25) is 0 Å². The number of rotatable bonds is 1. The molecule has 0 spiro atoms. The Morgan fingerprint density at radius 3 is 2.60 bits per heavy atom. The molecule has 0 amide bonds. The molecule has 0 N–H and O–H groups in total. The minimum atomic E-state index is 0.835. The lowest BCUT2D eigenvalue weighted by molar-refractivity contribution is 0.669. The van der Waals surface area contributed by atoms with Gasteiger partial charge < -0.3 is 4.42 Å². The summed E-state index contributed by atoms with van der Waals surface area (Å²) in [6.45, 7) is 2.09. The number of aryl methyl sites for hydroxylation is 1. The molecule has 0 saturated carbocycles. The summed E-state index contributed by atoms with van der Waals surface area (Å²) in [7, 11) is 0. The van der Waals surface area contributed by atoms with Gasteiger partial charge in [0.25, 0.3) is 0 Å². The van der Waals surface area contributed by atoms with Crippen LogP contribution in [0.15, 0.2) is 65.2 Å². The molecule has 0 aliphatic rings. The van der Waals surface area contributed by atoms with Crippen molar-refractivity contribution in [3.05, 3.63) is 66.4 Å². The van der Waals surface area contributed by atoms with E-state index in [-0.39, 0.29) is 0 Å². The molecule has 0 radical (unpaired) electrons. The van der Waals surface area contributed by atoms with Crippen molar-refractivity contribution >= 4 is 22.1 Å². The van der Waals surface area contributed by atoms with Gasteiger partial charge in [0.2, 0.25) is 0 Å². The molecule has 0 unspecified atom stereocenters. The second kappa shape index (κ2) is 4.20. The lowest BCUT2D eigenvalue weighted by Crippen LogP contribution is -1.79. The van der Waals surface area contributed by atoms with Crippen LogP contribution < -0.4 is 0 Å². The van der Waals surface area contributed by atoms with Crippen LogP contribution in [0.4, 0.5) is 0 Å². The third-order valence-electron chi connectivity index (χ3n) is 3.62. The fourth-order valence-electron chi connectivity index (χ4n) is 2.58. The van der Waals surface area contributed by atoms with Gasteiger partial charge in [-0.05, 0) is 30.7 Å². The zero-order valence-corrected chi connectivity index (χ0v) is 11.1. The van der Waals surface area contributed by atoms with Gasteiger partial charge in [0.15, 0.2) is 5.58 Å². The standard InChI is InChI=1S/C18H13NO/c1-12-7-9-13(10-8-12)14-4-2-5-15-17-16(20-18(14)15)6-3-11-19-17/h2-11H,1H3. The number of fused-ring (bicyclic) bond motifs is 3. The van der Waals surface area contributed by atoms with Gasteiger partial charge in [-0.1, -0.05) is 42.0 Å². The van der Waals surface area contributed by atoms with Crippen molar-refractivity contribution in [1.29, 1.82) is 0 Å². The van der Waals surface area contributed by atoms with Crippen molar-refractivity contribution in [2.24, 2.45) is 0 Å². The second-order valence-corrected chi connectivity index (χ2v) is 5.00. The Morgan fingerprint density at radius 2 is 1.75 bits per heavy atom. The lowest BCUT2D eigenvalue weighted by Gasteiger charge is -2.02. The van der Waals surface area contributed by atoms with Gasteiger partial charge in [-0.15, -0.1) is 0 Å². The maximum absolute atomic E-state index is 6.01. The Balaban J connectivity index is 2.07. The summed E-state index contributed by atoms with van der Waals surface area (Å²) in [5, 5.41) is 1.07. The molecule has 0 aliphatic heterocycles. The van der Waals surface area contributed by atoms with Crippen LogP contribution in [-0.2, 0) is 0 Å². The average molecular weight is 259 g/mol. The summed E-state index contributed by atoms with van der Waals surface area (Å²) < 4.78 is 6.01. The van der Waals surface area contributed by atoms with Gasteiger partial charge in [-0.25, -0.2) is 0 Å². The Morgan fingerprint density at radius 1 is 0.900 bits per heavy atom. The zero-order chi connectivity index (χ0) is 13.5. The minimum absolute atomic E-state index is 0.835. The zero-order valence-electron chi connectivity index (χ0n) is 11.1. The van der Waals surface area contributed by atoms with Crippen LogP contribution in [0.5, 0.6) is 0 Å². The van der Waals surface area contributed by atoms with Crippen molar-refractivity contribution in [1.82, 2.24) is 4.98 Å². The smallest absolute Gasteiger partial charge is 0.153 e.